The lowest BCUT2D eigenvalue weighted by Gasteiger charge is -2.35. The standard InChI is InChI=1S/C19H28ClN3O2/c20-16-10-17(19(25)22-12-16)18(24)21-11-14-6-8-23(9-7-14)13-15-4-2-1-3-5-15/h10,12,14-15H,1-9,11,13H2,(H,21,24)(H,22,25). The first-order chi connectivity index (χ1) is 12.1. The summed E-state index contributed by atoms with van der Waals surface area (Å²) in [6.45, 7) is 4.11. The number of hydrogen-bond acceptors (Lipinski definition) is 3. The summed E-state index contributed by atoms with van der Waals surface area (Å²) >= 11 is 5.85. The third-order valence-electron chi connectivity index (χ3n) is 5.61. The fourth-order valence-electron chi connectivity index (χ4n) is 4.07. The number of piperidine rings is 1. The van der Waals surface area contributed by atoms with Crippen LogP contribution in [0.4, 0.5) is 0 Å². The molecular weight excluding hydrogens is 338 g/mol. The minimum atomic E-state index is -0.399. The van der Waals surface area contributed by atoms with Crippen LogP contribution in [0.2, 0.25) is 5.02 Å². The molecule has 2 aliphatic rings. The lowest BCUT2D eigenvalue weighted by atomic mass is 9.88. The molecule has 0 atom stereocenters. The van der Waals surface area contributed by atoms with Crippen molar-refractivity contribution >= 4 is 17.5 Å². The Bertz CT molecular complexity index is 632. The molecule has 0 aromatic carbocycles. The summed E-state index contributed by atoms with van der Waals surface area (Å²) in [6.07, 6.45) is 10.6. The smallest absolute Gasteiger partial charge is 0.260 e. The van der Waals surface area contributed by atoms with Crippen molar-refractivity contribution in [3.05, 3.63) is 33.2 Å². The molecule has 25 heavy (non-hydrogen) atoms. The number of nitrogens with zero attached hydrogens (tertiary/aromatic N) is 1. The minimum Gasteiger partial charge on any atom is -0.352 e. The van der Waals surface area contributed by atoms with Crippen LogP contribution in [0.25, 0.3) is 0 Å². The molecule has 0 bridgehead atoms. The van der Waals surface area contributed by atoms with Gasteiger partial charge in [-0.2, -0.15) is 0 Å². The van der Waals surface area contributed by atoms with E-state index in [9.17, 15) is 9.59 Å². The van der Waals surface area contributed by atoms with Gasteiger partial charge in [-0.15, -0.1) is 0 Å². The van der Waals surface area contributed by atoms with Crippen LogP contribution in [0.1, 0.15) is 55.3 Å². The summed E-state index contributed by atoms with van der Waals surface area (Å²) in [5.41, 5.74) is -0.313. The van der Waals surface area contributed by atoms with Crippen molar-refractivity contribution < 1.29 is 4.79 Å². The van der Waals surface area contributed by atoms with Gasteiger partial charge in [0.05, 0.1) is 5.02 Å². The zero-order valence-corrected chi connectivity index (χ0v) is 15.5. The summed E-state index contributed by atoms with van der Waals surface area (Å²) in [5, 5.41) is 3.26. The van der Waals surface area contributed by atoms with Crippen molar-refractivity contribution in [2.24, 2.45) is 11.8 Å². The molecule has 2 N–H and O–H groups in total. The largest absolute Gasteiger partial charge is 0.352 e. The molecule has 138 valence electrons. The van der Waals surface area contributed by atoms with Gasteiger partial charge in [0.1, 0.15) is 5.56 Å². The number of hydrogen-bond donors (Lipinski definition) is 2. The highest BCUT2D eigenvalue weighted by Crippen LogP contribution is 2.26. The maximum Gasteiger partial charge on any atom is 0.260 e. The summed E-state index contributed by atoms with van der Waals surface area (Å²) in [6, 6.07) is 1.42. The van der Waals surface area contributed by atoms with Crippen molar-refractivity contribution in [1.29, 1.82) is 0 Å². The number of rotatable bonds is 5. The number of nitrogens with one attached hydrogen (secondary N) is 2. The van der Waals surface area contributed by atoms with Gasteiger partial charge in [0.2, 0.25) is 0 Å². The molecule has 1 aliphatic carbocycles. The van der Waals surface area contributed by atoms with Crippen molar-refractivity contribution in [1.82, 2.24) is 15.2 Å². The molecule has 1 aromatic rings. The van der Waals surface area contributed by atoms with Gasteiger partial charge < -0.3 is 15.2 Å². The number of pyridine rings is 1. The Balaban J connectivity index is 1.41. The van der Waals surface area contributed by atoms with Crippen LogP contribution in [0.5, 0.6) is 0 Å². The molecule has 6 heteroatoms. The van der Waals surface area contributed by atoms with Crippen LogP contribution in [0, 0.1) is 11.8 Å². The first-order valence-corrected chi connectivity index (χ1v) is 9.88. The molecule has 1 saturated carbocycles. The number of aromatic nitrogens is 1. The van der Waals surface area contributed by atoms with Gasteiger partial charge >= 0.3 is 0 Å². The van der Waals surface area contributed by atoms with E-state index in [0.717, 1.165) is 31.8 Å². The van der Waals surface area contributed by atoms with Crippen LogP contribution < -0.4 is 10.9 Å². The second kappa shape index (κ2) is 8.86. The minimum absolute atomic E-state index is 0.0854. The highest BCUT2D eigenvalue weighted by molar-refractivity contribution is 6.30. The van der Waals surface area contributed by atoms with Crippen molar-refractivity contribution in [3.63, 3.8) is 0 Å². The first kappa shape index (κ1) is 18.5. The fraction of sp³-hybridized carbons (Fsp3) is 0.684. The molecule has 1 amide bonds. The Morgan fingerprint density at radius 3 is 2.60 bits per heavy atom. The Hall–Kier alpha value is -1.33. The molecule has 3 rings (SSSR count). The lowest BCUT2D eigenvalue weighted by Crippen LogP contribution is -2.41. The molecule has 2 heterocycles. The normalized spacial score (nSPS) is 20.5. The van der Waals surface area contributed by atoms with Gasteiger partial charge in [0.25, 0.3) is 11.5 Å². The average molecular weight is 366 g/mol. The molecule has 5 nitrogen and oxygen atoms in total. The third-order valence-corrected chi connectivity index (χ3v) is 5.83. The van der Waals surface area contributed by atoms with E-state index in [1.165, 1.54) is 50.9 Å². The van der Waals surface area contributed by atoms with Crippen molar-refractivity contribution in [3.8, 4) is 0 Å². The monoisotopic (exact) mass is 365 g/mol. The number of carbonyl (C=O) groups is 1. The number of likely N-dealkylation sites (tertiary alicyclic amines) is 1. The number of amides is 1. The number of aromatic amines is 1. The second-order valence-electron chi connectivity index (χ2n) is 7.52. The van der Waals surface area contributed by atoms with Crippen molar-refractivity contribution in [2.75, 3.05) is 26.2 Å². The van der Waals surface area contributed by atoms with Gasteiger partial charge in [-0.25, -0.2) is 0 Å². The predicted octanol–water partition coefficient (Wildman–Crippen LogP) is 3.05. The van der Waals surface area contributed by atoms with Gasteiger partial charge in [-0.3, -0.25) is 9.59 Å². The predicted molar refractivity (Wildman–Crippen MR) is 100 cm³/mol. The maximum absolute atomic E-state index is 12.2. The zero-order chi connectivity index (χ0) is 17.6. The van der Waals surface area contributed by atoms with E-state index in [0.29, 0.717) is 17.5 Å². The molecular formula is C19H28ClN3O2. The fourth-order valence-corrected chi connectivity index (χ4v) is 4.23. The second-order valence-corrected chi connectivity index (χ2v) is 7.96. The average Bonchev–Trinajstić information content (AvgIpc) is 2.64. The third kappa shape index (κ3) is 5.32. The molecule has 0 spiro atoms. The molecule has 1 saturated heterocycles. The van der Waals surface area contributed by atoms with Crippen LogP contribution in [-0.4, -0.2) is 42.0 Å². The van der Waals surface area contributed by atoms with E-state index in [4.69, 9.17) is 11.6 Å². The zero-order valence-electron chi connectivity index (χ0n) is 14.7. The van der Waals surface area contributed by atoms with Gasteiger partial charge in [0, 0.05) is 19.3 Å². The van der Waals surface area contributed by atoms with Crippen molar-refractivity contribution in [2.45, 2.75) is 44.9 Å². The quantitative estimate of drug-likeness (QED) is 0.842. The van der Waals surface area contributed by atoms with Crippen LogP contribution in [-0.2, 0) is 0 Å². The van der Waals surface area contributed by atoms with E-state index in [2.05, 4.69) is 15.2 Å². The Labute approximate surface area is 154 Å². The van der Waals surface area contributed by atoms with E-state index in [-0.39, 0.29) is 11.5 Å². The highest BCUT2D eigenvalue weighted by atomic mass is 35.5. The van der Waals surface area contributed by atoms with Gasteiger partial charge in [0.15, 0.2) is 0 Å². The van der Waals surface area contributed by atoms with Gasteiger partial charge in [-0.1, -0.05) is 30.9 Å². The highest BCUT2D eigenvalue weighted by Gasteiger charge is 2.23. The summed E-state index contributed by atoms with van der Waals surface area (Å²) in [4.78, 5) is 29.0. The topological polar surface area (TPSA) is 65.2 Å². The van der Waals surface area contributed by atoms with Gasteiger partial charge in [-0.05, 0) is 56.7 Å². The van der Waals surface area contributed by atoms with E-state index in [1.54, 1.807) is 0 Å². The van der Waals surface area contributed by atoms with E-state index in [1.807, 2.05) is 0 Å². The molecule has 2 fully saturated rings. The molecule has 1 aliphatic heterocycles. The number of H-pyrrole nitrogens is 1. The van der Waals surface area contributed by atoms with E-state index < -0.39 is 5.56 Å². The number of halogens is 1. The lowest BCUT2D eigenvalue weighted by molar-refractivity contribution is 0.0929. The summed E-state index contributed by atoms with van der Waals surface area (Å²) in [7, 11) is 0. The Morgan fingerprint density at radius 1 is 1.16 bits per heavy atom. The van der Waals surface area contributed by atoms with Crippen LogP contribution in [0.3, 0.4) is 0 Å². The Morgan fingerprint density at radius 2 is 1.88 bits per heavy atom. The SMILES string of the molecule is O=C(NCC1CCN(CC2CCCCC2)CC1)c1cc(Cl)c[nH]c1=O. The van der Waals surface area contributed by atoms with Crippen LogP contribution >= 0.6 is 11.6 Å². The Kier molecular flexibility index (Phi) is 6.54. The molecule has 0 radical (unpaired) electrons. The summed E-state index contributed by atoms with van der Waals surface area (Å²) < 4.78 is 0. The molecule has 0 unspecified atom stereocenters. The maximum atomic E-state index is 12.2. The summed E-state index contributed by atoms with van der Waals surface area (Å²) in [5.74, 6) is 1.04. The molecule has 1 aromatic heterocycles. The first-order valence-electron chi connectivity index (χ1n) is 9.50. The van der Waals surface area contributed by atoms with Crippen LogP contribution in [0.15, 0.2) is 17.1 Å². The van der Waals surface area contributed by atoms with E-state index >= 15 is 0 Å². The number of carbonyl (C=O) groups excluding carboxylic acids is 1.